The molecule has 4 saturated heterocycles. The molecule has 4 saturated carbocycles. The molecule has 66 heavy (non-hydrogen) atoms. The second-order valence-corrected chi connectivity index (χ2v) is 20.1. The fraction of sp³-hybridized carbons (Fsp3) is 0.930. The molecule has 0 aromatic carbocycles. The number of fused-ring (bicyclic) bond motifs is 3. The van der Waals surface area contributed by atoms with Crippen LogP contribution in [0.2, 0.25) is 0 Å². The summed E-state index contributed by atoms with van der Waals surface area (Å²) in [4.78, 5) is 14.1. The largest absolute Gasteiger partial charge is 0.432 e. The van der Waals surface area contributed by atoms with E-state index in [0.29, 0.717) is 56.9 Å². The van der Waals surface area contributed by atoms with Gasteiger partial charge in [0.25, 0.3) is 0 Å². The lowest BCUT2D eigenvalue weighted by Gasteiger charge is -2.59. The number of rotatable bonds is 12. The van der Waals surface area contributed by atoms with Crippen molar-refractivity contribution in [1.29, 1.82) is 0 Å². The van der Waals surface area contributed by atoms with Crippen molar-refractivity contribution in [1.82, 2.24) is 0 Å². The molecule has 2 bridgehead atoms. The lowest BCUT2D eigenvalue weighted by Crippen LogP contribution is -2.68. The Morgan fingerprint density at radius 3 is 1.59 bits per heavy atom. The van der Waals surface area contributed by atoms with Crippen LogP contribution in [0.25, 0.3) is 0 Å². The van der Waals surface area contributed by atoms with Crippen LogP contribution in [0.15, 0.2) is 12.2 Å². The highest BCUT2D eigenvalue weighted by Gasteiger charge is 2.67. The minimum absolute atomic E-state index is 0.0437. The molecule has 8 fully saturated rings. The number of ether oxygens (including phenoxy) is 8. The molecule has 4 aliphatic heterocycles. The molecule has 1 spiro atoms. The SMILES string of the molecule is C=C1C[C@@]23CC[C@H]4C(CCC[C@@]4(C)C(=O)O[C@@H]4O[C@H](CO)[C@@H](O)[C@H](O)[C@H]4O)[C@@H]2CC[C@]1(O[C@@H]1O[C@H](CO)[C@@H](O)[C@H](OC2O[C@H](CO)[C@@H](O)[C@H](O)[C@H]2O)[C@H]1OC1O[C@H](CO)[C@@H](O)[C@H](O)[C@H]1O)C3. The van der Waals surface area contributed by atoms with E-state index in [0.717, 1.165) is 6.42 Å². The molecule has 0 amide bonds. The van der Waals surface area contributed by atoms with Gasteiger partial charge in [-0.1, -0.05) is 13.0 Å². The zero-order valence-electron chi connectivity index (χ0n) is 36.6. The van der Waals surface area contributed by atoms with Gasteiger partial charge in [0.15, 0.2) is 18.9 Å². The van der Waals surface area contributed by atoms with Gasteiger partial charge in [0.2, 0.25) is 6.29 Å². The van der Waals surface area contributed by atoms with Gasteiger partial charge in [-0.15, -0.1) is 0 Å². The van der Waals surface area contributed by atoms with Crippen LogP contribution in [-0.4, -0.2) is 232 Å². The van der Waals surface area contributed by atoms with Crippen molar-refractivity contribution in [2.24, 2.45) is 28.6 Å². The van der Waals surface area contributed by atoms with Crippen molar-refractivity contribution in [2.45, 2.75) is 193 Å². The average Bonchev–Trinajstić information content (AvgIpc) is 3.50. The number of carbonyl (C=O) groups is 1. The smallest absolute Gasteiger partial charge is 0.314 e. The van der Waals surface area contributed by atoms with Crippen molar-refractivity contribution in [3.05, 3.63) is 12.2 Å². The summed E-state index contributed by atoms with van der Waals surface area (Å²) in [6.45, 7) is 3.22. The predicted octanol–water partition coefficient (Wildman–Crippen LogP) is -5.50. The monoisotopic (exact) mass is 952 g/mol. The van der Waals surface area contributed by atoms with Gasteiger partial charge in [-0.05, 0) is 87.0 Å². The normalized spacial score (nSPS) is 54.0. The first-order chi connectivity index (χ1) is 31.3. The highest BCUT2D eigenvalue weighted by molar-refractivity contribution is 5.77. The van der Waals surface area contributed by atoms with Crippen LogP contribution in [0.4, 0.5) is 0 Å². The topological polar surface area (TPSA) is 374 Å². The number of carbonyl (C=O) groups excluding carboxylic acids is 1. The van der Waals surface area contributed by atoms with Gasteiger partial charge in [0, 0.05) is 0 Å². The van der Waals surface area contributed by atoms with Gasteiger partial charge in [-0.2, -0.15) is 0 Å². The second-order valence-electron chi connectivity index (χ2n) is 20.1. The van der Waals surface area contributed by atoms with E-state index in [1.807, 2.05) is 6.92 Å². The van der Waals surface area contributed by atoms with Crippen molar-refractivity contribution in [3.8, 4) is 0 Å². The Balaban J connectivity index is 1.05. The first-order valence-electron chi connectivity index (χ1n) is 23.0. The lowest BCUT2D eigenvalue weighted by atomic mass is 9.46. The third kappa shape index (κ3) is 8.59. The molecule has 23 heteroatoms. The Bertz CT molecular complexity index is 1710. The maximum atomic E-state index is 14.1. The summed E-state index contributed by atoms with van der Waals surface area (Å²) < 4.78 is 48.0. The molecule has 0 aromatic heterocycles. The Morgan fingerprint density at radius 1 is 0.576 bits per heavy atom. The van der Waals surface area contributed by atoms with Crippen molar-refractivity contribution < 1.29 is 114 Å². The van der Waals surface area contributed by atoms with E-state index in [1.165, 1.54) is 0 Å². The summed E-state index contributed by atoms with van der Waals surface area (Å²) in [5.74, 6) is -0.647. The van der Waals surface area contributed by atoms with E-state index in [-0.39, 0.29) is 23.2 Å². The average molecular weight is 953 g/mol. The third-order valence-electron chi connectivity index (χ3n) is 16.5. The van der Waals surface area contributed by atoms with Crippen LogP contribution in [0.5, 0.6) is 0 Å². The summed E-state index contributed by atoms with van der Waals surface area (Å²) in [6.07, 6.45) is -28.8. The maximum absolute atomic E-state index is 14.1. The van der Waals surface area contributed by atoms with E-state index < -0.39 is 166 Å². The summed E-state index contributed by atoms with van der Waals surface area (Å²) in [5, 5.41) is 147. The summed E-state index contributed by atoms with van der Waals surface area (Å²) in [7, 11) is 0. The summed E-state index contributed by atoms with van der Waals surface area (Å²) >= 11 is 0. The van der Waals surface area contributed by atoms with Crippen LogP contribution in [-0.2, 0) is 42.7 Å². The fourth-order valence-electron chi connectivity index (χ4n) is 12.8. The Hall–Kier alpha value is -1.63. The minimum Gasteiger partial charge on any atom is -0.432 e. The maximum Gasteiger partial charge on any atom is 0.314 e. The van der Waals surface area contributed by atoms with E-state index in [2.05, 4.69) is 6.58 Å². The van der Waals surface area contributed by atoms with Crippen molar-refractivity contribution in [3.63, 3.8) is 0 Å². The van der Waals surface area contributed by atoms with Crippen LogP contribution in [0.3, 0.4) is 0 Å². The van der Waals surface area contributed by atoms with Crippen LogP contribution < -0.4 is 0 Å². The van der Waals surface area contributed by atoms with Crippen molar-refractivity contribution in [2.75, 3.05) is 26.4 Å². The Morgan fingerprint density at radius 2 is 1.05 bits per heavy atom. The lowest BCUT2D eigenvalue weighted by molar-refractivity contribution is -0.399. The van der Waals surface area contributed by atoms with Gasteiger partial charge >= 0.3 is 5.97 Å². The molecule has 26 atom stereocenters. The molecule has 4 aliphatic carbocycles. The Labute approximate surface area is 380 Å². The van der Waals surface area contributed by atoms with Gasteiger partial charge in [0.05, 0.1) is 37.4 Å². The molecule has 14 N–H and O–H groups in total. The molecule has 8 aliphatic rings. The molecule has 0 radical (unpaired) electrons. The standard InChI is InChI=1S/C43H68O23/c1-16-10-42-8-5-18-17(4-3-7-41(18,2)40(58)65-38-33(57)30(54)26(50)22(13-46)61-38)19(42)6-9-43(16,15-42)66-39-35(64-37-32(56)29(53)25(49)21(12-45)60-37)34(27(51)23(14-47)62-39)63-36-31(55)28(52)24(48)20(11-44)59-36/h17-39,44-57H,1,3-15H2,2H3/t17?,18-,19-,20+,21+,22+,23+,24+,25+,26+,27+,28-,29-,30-,31+,32+,33+,34-,35+,36?,37?,38-,39-,41+,42+,43-/m0/s1. The molecule has 378 valence electrons. The molecular formula is C43H68O23. The van der Waals surface area contributed by atoms with E-state index in [1.54, 1.807) is 0 Å². The molecule has 8 rings (SSSR count). The number of hydrogen-bond acceptors (Lipinski definition) is 23. The minimum atomic E-state index is -1.95. The number of aliphatic hydroxyl groups excluding tert-OH is 14. The van der Waals surface area contributed by atoms with Crippen LogP contribution in [0.1, 0.15) is 64.7 Å². The third-order valence-corrected chi connectivity index (χ3v) is 16.5. The molecule has 4 heterocycles. The quantitative estimate of drug-likeness (QED) is 0.0493. The fourth-order valence-corrected chi connectivity index (χ4v) is 12.8. The number of esters is 1. The van der Waals surface area contributed by atoms with E-state index in [4.69, 9.17) is 37.9 Å². The summed E-state index contributed by atoms with van der Waals surface area (Å²) in [5.41, 5.74) is -1.80. The second kappa shape index (κ2) is 19.5. The van der Waals surface area contributed by atoms with Gasteiger partial charge < -0.3 is 109 Å². The number of aliphatic hydroxyl groups is 14. The highest BCUT2D eigenvalue weighted by atomic mass is 16.8. The van der Waals surface area contributed by atoms with Gasteiger partial charge in [0.1, 0.15) is 97.7 Å². The zero-order chi connectivity index (χ0) is 47.8. The van der Waals surface area contributed by atoms with Crippen LogP contribution in [0, 0.1) is 28.6 Å². The first-order valence-corrected chi connectivity index (χ1v) is 23.0. The van der Waals surface area contributed by atoms with E-state index in [9.17, 15) is 76.3 Å². The van der Waals surface area contributed by atoms with E-state index >= 15 is 0 Å². The van der Waals surface area contributed by atoms with Crippen LogP contribution >= 0.6 is 0 Å². The molecular weight excluding hydrogens is 884 g/mol. The molecule has 23 nitrogen and oxygen atoms in total. The van der Waals surface area contributed by atoms with Gasteiger partial charge in [-0.25, -0.2) is 0 Å². The first kappa shape index (κ1) is 50.7. The Kier molecular flexibility index (Phi) is 15.0. The molecule has 3 unspecified atom stereocenters. The van der Waals surface area contributed by atoms with Gasteiger partial charge in [-0.3, -0.25) is 4.79 Å². The summed E-state index contributed by atoms with van der Waals surface area (Å²) in [6, 6.07) is 0. The highest BCUT2D eigenvalue weighted by Crippen LogP contribution is 2.70. The predicted molar refractivity (Wildman–Crippen MR) is 214 cm³/mol. The zero-order valence-corrected chi connectivity index (χ0v) is 36.6. The molecule has 0 aromatic rings. The van der Waals surface area contributed by atoms with Crippen molar-refractivity contribution >= 4 is 5.97 Å². The number of hydrogen-bond donors (Lipinski definition) is 14.